The molecule has 1 heterocycles. The molecule has 20 heavy (non-hydrogen) atoms. The van der Waals surface area contributed by atoms with Crippen LogP contribution in [0.1, 0.15) is 32.6 Å². The summed E-state index contributed by atoms with van der Waals surface area (Å²) in [6.45, 7) is 2.97. The van der Waals surface area contributed by atoms with Crippen molar-refractivity contribution in [2.24, 2.45) is 0 Å². The van der Waals surface area contributed by atoms with E-state index in [4.69, 9.17) is 9.47 Å². The van der Waals surface area contributed by atoms with Crippen LogP contribution in [0.4, 0.5) is 11.6 Å². The van der Waals surface area contributed by atoms with E-state index < -0.39 is 0 Å². The van der Waals surface area contributed by atoms with Crippen molar-refractivity contribution in [2.45, 2.75) is 44.8 Å². The quantitative estimate of drug-likeness (QED) is 0.798. The third-order valence-electron chi connectivity index (χ3n) is 3.63. The Morgan fingerprint density at radius 2 is 2.05 bits per heavy atom. The maximum atomic E-state index is 5.50. The average Bonchev–Trinajstić information content (AvgIpc) is 2.92. The summed E-state index contributed by atoms with van der Waals surface area (Å²) < 4.78 is 11.0. The van der Waals surface area contributed by atoms with Crippen molar-refractivity contribution < 1.29 is 9.47 Å². The Kier molecular flexibility index (Phi) is 5.40. The Morgan fingerprint density at radius 3 is 2.75 bits per heavy atom. The van der Waals surface area contributed by atoms with Gasteiger partial charge in [0.2, 0.25) is 5.75 Å². The number of methoxy groups -OCH3 is 2. The minimum Gasteiger partial charge on any atom is -0.490 e. The molecule has 0 aliphatic heterocycles. The van der Waals surface area contributed by atoms with Crippen LogP contribution in [-0.4, -0.2) is 42.9 Å². The summed E-state index contributed by atoms with van der Waals surface area (Å²) in [6, 6.07) is 0.280. The maximum absolute atomic E-state index is 5.50. The lowest BCUT2D eigenvalue weighted by Gasteiger charge is -2.22. The van der Waals surface area contributed by atoms with Crippen LogP contribution in [0, 0.1) is 0 Å². The molecule has 0 spiro atoms. The summed E-state index contributed by atoms with van der Waals surface area (Å²) in [7, 11) is 3.40. The molecule has 2 rings (SSSR count). The van der Waals surface area contributed by atoms with Crippen molar-refractivity contribution >= 4 is 11.6 Å². The van der Waals surface area contributed by atoms with Crippen LogP contribution in [0.3, 0.4) is 0 Å². The SMILES string of the molecule is CCCNc1ncnc(NC2CCCC2OC)c1OC. The third kappa shape index (κ3) is 3.30. The lowest BCUT2D eigenvalue weighted by atomic mass is 10.2. The van der Waals surface area contributed by atoms with E-state index in [2.05, 4.69) is 27.5 Å². The minimum absolute atomic E-state index is 0.238. The standard InChI is InChI=1S/C14H24N4O2/c1-4-8-15-13-12(20-3)14(17-9-16-13)18-10-6-5-7-11(10)19-2/h9-11H,4-8H2,1-3H3,(H2,15,16,17,18). The van der Waals surface area contributed by atoms with Crippen molar-refractivity contribution in [2.75, 3.05) is 31.4 Å². The Labute approximate surface area is 120 Å². The topological polar surface area (TPSA) is 68.3 Å². The summed E-state index contributed by atoms with van der Waals surface area (Å²) in [5.74, 6) is 2.14. The molecular weight excluding hydrogens is 256 g/mol. The van der Waals surface area contributed by atoms with E-state index in [0.29, 0.717) is 5.75 Å². The molecule has 1 aliphatic rings. The van der Waals surface area contributed by atoms with Gasteiger partial charge in [0, 0.05) is 13.7 Å². The zero-order valence-electron chi connectivity index (χ0n) is 12.5. The van der Waals surface area contributed by atoms with Gasteiger partial charge in [-0.25, -0.2) is 9.97 Å². The highest BCUT2D eigenvalue weighted by atomic mass is 16.5. The third-order valence-corrected chi connectivity index (χ3v) is 3.63. The van der Waals surface area contributed by atoms with Gasteiger partial charge in [-0.15, -0.1) is 0 Å². The molecule has 0 saturated heterocycles. The lowest BCUT2D eigenvalue weighted by Crippen LogP contribution is -2.30. The first-order chi connectivity index (χ1) is 9.80. The first-order valence-electron chi connectivity index (χ1n) is 7.22. The normalized spacial score (nSPS) is 21.8. The molecule has 0 amide bonds. The molecule has 1 fully saturated rings. The number of aromatic nitrogens is 2. The summed E-state index contributed by atoms with van der Waals surface area (Å²) in [5.41, 5.74) is 0. The molecule has 2 N–H and O–H groups in total. The van der Waals surface area contributed by atoms with Crippen LogP contribution < -0.4 is 15.4 Å². The van der Waals surface area contributed by atoms with E-state index in [9.17, 15) is 0 Å². The number of nitrogens with one attached hydrogen (secondary N) is 2. The number of anilines is 2. The summed E-state index contributed by atoms with van der Waals surface area (Å²) in [4.78, 5) is 8.55. The number of rotatable bonds is 7. The molecular formula is C14H24N4O2. The number of nitrogens with zero attached hydrogens (tertiary/aromatic N) is 2. The van der Waals surface area contributed by atoms with Crippen molar-refractivity contribution in [1.82, 2.24) is 9.97 Å². The van der Waals surface area contributed by atoms with E-state index >= 15 is 0 Å². The van der Waals surface area contributed by atoms with Crippen LogP contribution in [0.25, 0.3) is 0 Å². The van der Waals surface area contributed by atoms with Gasteiger partial charge in [0.05, 0.1) is 19.3 Å². The molecule has 2 unspecified atom stereocenters. The van der Waals surface area contributed by atoms with E-state index in [1.165, 1.54) is 6.42 Å². The first-order valence-corrected chi connectivity index (χ1v) is 7.22. The molecule has 6 heteroatoms. The molecule has 1 aromatic heterocycles. The smallest absolute Gasteiger partial charge is 0.204 e. The predicted octanol–water partition coefficient (Wildman–Crippen LogP) is 2.29. The van der Waals surface area contributed by atoms with Gasteiger partial charge in [-0.1, -0.05) is 6.92 Å². The van der Waals surface area contributed by atoms with Gasteiger partial charge in [0.1, 0.15) is 6.33 Å². The van der Waals surface area contributed by atoms with E-state index in [0.717, 1.165) is 37.4 Å². The summed E-state index contributed by atoms with van der Waals surface area (Å²) in [5, 5.41) is 6.69. The number of ether oxygens (including phenoxy) is 2. The Bertz CT molecular complexity index is 428. The largest absolute Gasteiger partial charge is 0.490 e. The second-order valence-electron chi connectivity index (χ2n) is 4.99. The van der Waals surface area contributed by atoms with Crippen LogP contribution >= 0.6 is 0 Å². The Hall–Kier alpha value is -1.56. The monoisotopic (exact) mass is 280 g/mol. The second-order valence-corrected chi connectivity index (χ2v) is 4.99. The number of hydrogen-bond acceptors (Lipinski definition) is 6. The maximum Gasteiger partial charge on any atom is 0.204 e. The molecule has 1 aromatic rings. The fourth-order valence-electron chi connectivity index (χ4n) is 2.59. The molecule has 2 atom stereocenters. The van der Waals surface area contributed by atoms with Gasteiger partial charge >= 0.3 is 0 Å². The Balaban J connectivity index is 2.14. The molecule has 6 nitrogen and oxygen atoms in total. The van der Waals surface area contributed by atoms with E-state index in [1.54, 1.807) is 20.5 Å². The van der Waals surface area contributed by atoms with Crippen molar-refractivity contribution in [3.8, 4) is 5.75 Å². The first kappa shape index (κ1) is 14.8. The molecule has 0 aromatic carbocycles. The molecule has 0 bridgehead atoms. The fourth-order valence-corrected chi connectivity index (χ4v) is 2.59. The van der Waals surface area contributed by atoms with E-state index in [1.807, 2.05) is 0 Å². The fraction of sp³-hybridized carbons (Fsp3) is 0.714. The van der Waals surface area contributed by atoms with Gasteiger partial charge in [-0.3, -0.25) is 0 Å². The molecule has 0 radical (unpaired) electrons. The molecule has 112 valence electrons. The summed E-state index contributed by atoms with van der Waals surface area (Å²) >= 11 is 0. The summed E-state index contributed by atoms with van der Waals surface area (Å²) in [6.07, 6.45) is 6.17. The zero-order valence-corrected chi connectivity index (χ0v) is 12.5. The van der Waals surface area contributed by atoms with Gasteiger partial charge in [0.15, 0.2) is 11.6 Å². The van der Waals surface area contributed by atoms with Crippen LogP contribution in [0.5, 0.6) is 5.75 Å². The van der Waals surface area contributed by atoms with Crippen LogP contribution in [0.2, 0.25) is 0 Å². The highest BCUT2D eigenvalue weighted by molar-refractivity contribution is 5.63. The van der Waals surface area contributed by atoms with E-state index in [-0.39, 0.29) is 12.1 Å². The van der Waals surface area contributed by atoms with Crippen molar-refractivity contribution in [3.63, 3.8) is 0 Å². The van der Waals surface area contributed by atoms with Gasteiger partial charge in [-0.05, 0) is 25.7 Å². The van der Waals surface area contributed by atoms with Gasteiger partial charge < -0.3 is 20.1 Å². The lowest BCUT2D eigenvalue weighted by molar-refractivity contribution is 0.101. The van der Waals surface area contributed by atoms with Crippen LogP contribution in [0.15, 0.2) is 6.33 Å². The Morgan fingerprint density at radius 1 is 1.25 bits per heavy atom. The van der Waals surface area contributed by atoms with Gasteiger partial charge in [0.25, 0.3) is 0 Å². The highest BCUT2D eigenvalue weighted by Crippen LogP contribution is 2.32. The average molecular weight is 280 g/mol. The van der Waals surface area contributed by atoms with Crippen molar-refractivity contribution in [1.29, 1.82) is 0 Å². The number of hydrogen-bond donors (Lipinski definition) is 2. The van der Waals surface area contributed by atoms with Gasteiger partial charge in [-0.2, -0.15) is 0 Å². The van der Waals surface area contributed by atoms with Crippen LogP contribution in [-0.2, 0) is 4.74 Å². The molecule has 1 aliphatic carbocycles. The highest BCUT2D eigenvalue weighted by Gasteiger charge is 2.28. The van der Waals surface area contributed by atoms with Crippen molar-refractivity contribution in [3.05, 3.63) is 6.33 Å². The predicted molar refractivity (Wildman–Crippen MR) is 79.4 cm³/mol. The minimum atomic E-state index is 0.238. The zero-order chi connectivity index (χ0) is 14.4. The molecule has 1 saturated carbocycles. The second kappa shape index (κ2) is 7.28.